The second kappa shape index (κ2) is 5.92. The average molecular weight is 237 g/mol. The highest BCUT2D eigenvalue weighted by molar-refractivity contribution is 5.48. The lowest BCUT2D eigenvalue weighted by Gasteiger charge is -2.23. The van der Waals surface area contributed by atoms with E-state index in [1.54, 1.807) is 14.2 Å². The van der Waals surface area contributed by atoms with E-state index >= 15 is 0 Å². The predicted octanol–water partition coefficient (Wildman–Crippen LogP) is 2.71. The quantitative estimate of drug-likeness (QED) is 0.856. The van der Waals surface area contributed by atoms with Gasteiger partial charge in [0.25, 0.3) is 0 Å². The SMILES string of the molecule is COc1cc(C)c(C(CN)C(C)C)cc1OC. The summed E-state index contributed by atoms with van der Waals surface area (Å²) >= 11 is 0. The molecule has 0 amide bonds. The number of nitrogens with two attached hydrogens (primary N) is 1. The predicted molar refractivity (Wildman–Crippen MR) is 70.9 cm³/mol. The number of benzene rings is 1. The van der Waals surface area contributed by atoms with Gasteiger partial charge in [0.05, 0.1) is 14.2 Å². The van der Waals surface area contributed by atoms with Crippen LogP contribution in [0.25, 0.3) is 0 Å². The Bertz CT molecular complexity index is 375. The number of methoxy groups -OCH3 is 2. The van der Waals surface area contributed by atoms with Crippen LogP contribution in [0.3, 0.4) is 0 Å². The van der Waals surface area contributed by atoms with E-state index in [1.807, 2.05) is 12.1 Å². The molecule has 0 aliphatic heterocycles. The van der Waals surface area contributed by atoms with Crippen LogP contribution in [0.15, 0.2) is 12.1 Å². The van der Waals surface area contributed by atoms with Gasteiger partial charge in [-0.05, 0) is 48.6 Å². The zero-order valence-corrected chi connectivity index (χ0v) is 11.4. The van der Waals surface area contributed by atoms with Crippen LogP contribution in [-0.4, -0.2) is 20.8 Å². The molecular formula is C14H23NO2. The first-order valence-electron chi connectivity index (χ1n) is 5.97. The van der Waals surface area contributed by atoms with Crippen LogP contribution >= 0.6 is 0 Å². The van der Waals surface area contributed by atoms with Gasteiger partial charge in [-0.25, -0.2) is 0 Å². The van der Waals surface area contributed by atoms with Gasteiger partial charge in [0.1, 0.15) is 0 Å². The maximum absolute atomic E-state index is 5.86. The summed E-state index contributed by atoms with van der Waals surface area (Å²) in [5.41, 5.74) is 8.32. The molecule has 0 saturated carbocycles. The third-order valence-corrected chi connectivity index (χ3v) is 3.23. The Morgan fingerprint density at radius 3 is 2.06 bits per heavy atom. The molecule has 0 fully saturated rings. The molecule has 0 aliphatic rings. The molecule has 1 aromatic rings. The van der Waals surface area contributed by atoms with Crippen molar-refractivity contribution in [1.29, 1.82) is 0 Å². The first-order chi connectivity index (χ1) is 8.04. The summed E-state index contributed by atoms with van der Waals surface area (Å²) in [5.74, 6) is 2.41. The monoisotopic (exact) mass is 237 g/mol. The van der Waals surface area contributed by atoms with E-state index in [0.29, 0.717) is 18.4 Å². The molecule has 1 atom stereocenters. The summed E-state index contributed by atoms with van der Waals surface area (Å²) < 4.78 is 10.6. The van der Waals surface area contributed by atoms with Crippen LogP contribution in [0.5, 0.6) is 11.5 Å². The van der Waals surface area contributed by atoms with Crippen LogP contribution in [0.1, 0.15) is 30.9 Å². The molecule has 3 nitrogen and oxygen atoms in total. The largest absolute Gasteiger partial charge is 0.493 e. The van der Waals surface area contributed by atoms with E-state index in [1.165, 1.54) is 11.1 Å². The topological polar surface area (TPSA) is 44.5 Å². The van der Waals surface area contributed by atoms with E-state index in [9.17, 15) is 0 Å². The summed E-state index contributed by atoms with van der Waals surface area (Å²) in [6.07, 6.45) is 0. The molecule has 3 heteroatoms. The van der Waals surface area contributed by atoms with E-state index in [-0.39, 0.29) is 0 Å². The van der Waals surface area contributed by atoms with Gasteiger partial charge < -0.3 is 15.2 Å². The van der Waals surface area contributed by atoms with Crippen LogP contribution in [0.2, 0.25) is 0 Å². The molecule has 0 spiro atoms. The lowest BCUT2D eigenvalue weighted by Crippen LogP contribution is -2.19. The molecule has 1 rings (SSSR count). The van der Waals surface area contributed by atoms with Crippen molar-refractivity contribution in [3.63, 3.8) is 0 Å². The molecule has 2 N–H and O–H groups in total. The van der Waals surface area contributed by atoms with Gasteiger partial charge in [-0.3, -0.25) is 0 Å². The summed E-state index contributed by atoms with van der Waals surface area (Å²) in [7, 11) is 3.31. The Kier molecular flexibility index (Phi) is 4.82. The van der Waals surface area contributed by atoms with Crippen molar-refractivity contribution in [3.05, 3.63) is 23.3 Å². The zero-order chi connectivity index (χ0) is 13.0. The maximum atomic E-state index is 5.86. The third kappa shape index (κ3) is 2.91. The van der Waals surface area contributed by atoms with E-state index in [0.717, 1.165) is 11.5 Å². The van der Waals surface area contributed by atoms with Crippen LogP contribution < -0.4 is 15.2 Å². The van der Waals surface area contributed by atoms with Gasteiger partial charge in [0.15, 0.2) is 11.5 Å². The number of rotatable bonds is 5. The Labute approximate surface area is 104 Å². The molecule has 0 aromatic heterocycles. The third-order valence-electron chi connectivity index (χ3n) is 3.23. The Morgan fingerprint density at radius 1 is 1.12 bits per heavy atom. The van der Waals surface area contributed by atoms with Crippen molar-refractivity contribution in [2.45, 2.75) is 26.7 Å². The fraction of sp³-hybridized carbons (Fsp3) is 0.571. The standard InChI is InChI=1S/C14H23NO2/c1-9(2)12(8-15)11-7-14(17-5)13(16-4)6-10(11)3/h6-7,9,12H,8,15H2,1-5H3. The number of hydrogen-bond donors (Lipinski definition) is 1. The van der Waals surface area contributed by atoms with Gasteiger partial charge in [-0.15, -0.1) is 0 Å². The smallest absolute Gasteiger partial charge is 0.161 e. The number of hydrogen-bond acceptors (Lipinski definition) is 3. The molecule has 0 saturated heterocycles. The maximum Gasteiger partial charge on any atom is 0.161 e. The van der Waals surface area contributed by atoms with Crippen molar-refractivity contribution < 1.29 is 9.47 Å². The molecule has 96 valence electrons. The molecule has 1 aromatic carbocycles. The molecule has 0 radical (unpaired) electrons. The highest BCUT2D eigenvalue weighted by Crippen LogP contribution is 2.35. The van der Waals surface area contributed by atoms with E-state index in [2.05, 4.69) is 20.8 Å². The first-order valence-corrected chi connectivity index (χ1v) is 5.97. The van der Waals surface area contributed by atoms with Crippen LogP contribution in [-0.2, 0) is 0 Å². The van der Waals surface area contributed by atoms with Crippen LogP contribution in [0, 0.1) is 12.8 Å². The summed E-state index contributed by atoms with van der Waals surface area (Å²) in [4.78, 5) is 0. The highest BCUT2D eigenvalue weighted by Gasteiger charge is 2.18. The molecule has 1 unspecified atom stereocenters. The Hall–Kier alpha value is -1.22. The fourth-order valence-electron chi connectivity index (χ4n) is 2.15. The molecule has 17 heavy (non-hydrogen) atoms. The van der Waals surface area contributed by atoms with Gasteiger partial charge in [0.2, 0.25) is 0 Å². The number of aryl methyl sites for hydroxylation is 1. The first kappa shape index (κ1) is 13.8. The normalized spacial score (nSPS) is 12.6. The minimum Gasteiger partial charge on any atom is -0.493 e. The Balaban J connectivity index is 3.24. The van der Waals surface area contributed by atoms with Gasteiger partial charge in [-0.2, -0.15) is 0 Å². The van der Waals surface area contributed by atoms with Crippen molar-refractivity contribution in [2.24, 2.45) is 11.7 Å². The number of ether oxygens (including phenoxy) is 2. The minimum absolute atomic E-state index is 0.356. The van der Waals surface area contributed by atoms with Crippen molar-refractivity contribution >= 4 is 0 Å². The molecule has 0 aliphatic carbocycles. The summed E-state index contributed by atoms with van der Waals surface area (Å²) in [5, 5.41) is 0. The van der Waals surface area contributed by atoms with Gasteiger partial charge in [-0.1, -0.05) is 13.8 Å². The lowest BCUT2D eigenvalue weighted by atomic mass is 9.86. The second-order valence-electron chi connectivity index (χ2n) is 4.65. The average Bonchev–Trinajstić information content (AvgIpc) is 2.31. The molecule has 0 bridgehead atoms. The Morgan fingerprint density at radius 2 is 1.65 bits per heavy atom. The van der Waals surface area contributed by atoms with Crippen LogP contribution in [0.4, 0.5) is 0 Å². The zero-order valence-electron chi connectivity index (χ0n) is 11.4. The fourth-order valence-corrected chi connectivity index (χ4v) is 2.15. The second-order valence-corrected chi connectivity index (χ2v) is 4.65. The van der Waals surface area contributed by atoms with Gasteiger partial charge in [0, 0.05) is 0 Å². The van der Waals surface area contributed by atoms with E-state index in [4.69, 9.17) is 15.2 Å². The summed E-state index contributed by atoms with van der Waals surface area (Å²) in [6, 6.07) is 4.06. The minimum atomic E-state index is 0.356. The molecular weight excluding hydrogens is 214 g/mol. The lowest BCUT2D eigenvalue weighted by molar-refractivity contribution is 0.353. The van der Waals surface area contributed by atoms with Gasteiger partial charge >= 0.3 is 0 Å². The summed E-state index contributed by atoms with van der Waals surface area (Å²) in [6.45, 7) is 7.11. The van der Waals surface area contributed by atoms with Crippen molar-refractivity contribution in [2.75, 3.05) is 20.8 Å². The highest BCUT2D eigenvalue weighted by atomic mass is 16.5. The van der Waals surface area contributed by atoms with Crippen molar-refractivity contribution in [1.82, 2.24) is 0 Å². The molecule has 0 heterocycles. The van der Waals surface area contributed by atoms with Crippen molar-refractivity contribution in [3.8, 4) is 11.5 Å². The van der Waals surface area contributed by atoms with E-state index < -0.39 is 0 Å².